The minimum Gasteiger partial charge on any atom is -0.361 e. The maximum atomic E-state index is 12.6. The molecule has 0 saturated carbocycles. The van der Waals surface area contributed by atoms with E-state index in [1.807, 2.05) is 36.5 Å². The molecule has 2 aromatic heterocycles. The molecule has 2 aromatic carbocycles. The third-order valence-corrected chi connectivity index (χ3v) is 4.67. The minimum atomic E-state index is -0.193. The summed E-state index contributed by atoms with van der Waals surface area (Å²) in [6.45, 7) is 2.25. The third kappa shape index (κ3) is 3.58. The van der Waals surface area contributed by atoms with E-state index in [4.69, 9.17) is 0 Å². The van der Waals surface area contributed by atoms with Crippen molar-refractivity contribution >= 4 is 16.8 Å². The number of rotatable bonds is 5. The Morgan fingerprint density at radius 2 is 1.85 bits per heavy atom. The Balaban J connectivity index is 1.64. The molecular weight excluding hydrogens is 336 g/mol. The van der Waals surface area contributed by atoms with E-state index in [1.165, 1.54) is 5.39 Å². The molecule has 0 unspecified atom stereocenters. The van der Waals surface area contributed by atoms with Crippen molar-refractivity contribution in [1.82, 2.24) is 20.3 Å². The van der Waals surface area contributed by atoms with Crippen LogP contribution in [-0.2, 0) is 0 Å². The van der Waals surface area contributed by atoms with Crippen LogP contribution in [0.1, 0.15) is 33.4 Å². The zero-order valence-corrected chi connectivity index (χ0v) is 15.0. The molecule has 5 nitrogen and oxygen atoms in total. The van der Waals surface area contributed by atoms with Crippen molar-refractivity contribution in [1.29, 1.82) is 0 Å². The quantitative estimate of drug-likeness (QED) is 0.571. The molecule has 1 atom stereocenters. The zero-order chi connectivity index (χ0) is 18.6. The van der Waals surface area contributed by atoms with Gasteiger partial charge in [-0.15, -0.1) is 0 Å². The number of nitrogens with one attached hydrogen (secondary N) is 2. The number of aromatic amines is 1. The van der Waals surface area contributed by atoms with Crippen LogP contribution >= 0.6 is 0 Å². The lowest BCUT2D eigenvalue weighted by atomic mass is 9.91. The van der Waals surface area contributed by atoms with Crippen molar-refractivity contribution in [3.05, 3.63) is 95.7 Å². The third-order valence-electron chi connectivity index (χ3n) is 4.67. The Hall–Kier alpha value is -3.47. The highest BCUT2D eigenvalue weighted by Gasteiger charge is 2.19. The molecule has 1 amide bonds. The van der Waals surface area contributed by atoms with Crippen LogP contribution in [0.25, 0.3) is 10.9 Å². The molecule has 0 aliphatic heterocycles. The summed E-state index contributed by atoms with van der Waals surface area (Å²) in [6.07, 6.45) is 3.63. The van der Waals surface area contributed by atoms with E-state index >= 15 is 0 Å². The highest BCUT2D eigenvalue weighted by molar-refractivity contribution is 5.92. The van der Waals surface area contributed by atoms with Crippen LogP contribution in [0.3, 0.4) is 0 Å². The Kier molecular flexibility index (Phi) is 4.66. The second-order valence-electron chi connectivity index (χ2n) is 6.45. The van der Waals surface area contributed by atoms with Gasteiger partial charge in [0.05, 0.1) is 0 Å². The molecule has 0 fully saturated rings. The Morgan fingerprint density at radius 3 is 2.67 bits per heavy atom. The molecular formula is C22H20N4O. The molecule has 4 aromatic rings. The van der Waals surface area contributed by atoms with Gasteiger partial charge in [-0.2, -0.15) is 0 Å². The summed E-state index contributed by atoms with van der Waals surface area (Å²) >= 11 is 0. The van der Waals surface area contributed by atoms with Gasteiger partial charge in [-0.1, -0.05) is 48.5 Å². The van der Waals surface area contributed by atoms with Gasteiger partial charge in [0, 0.05) is 35.8 Å². The molecule has 27 heavy (non-hydrogen) atoms. The molecule has 0 bridgehead atoms. The summed E-state index contributed by atoms with van der Waals surface area (Å²) in [5.74, 6) is 0.425. The largest absolute Gasteiger partial charge is 0.361 e. The number of carbonyl (C=O) groups is 1. The molecule has 5 heteroatoms. The van der Waals surface area contributed by atoms with Gasteiger partial charge in [0.25, 0.3) is 5.91 Å². The summed E-state index contributed by atoms with van der Waals surface area (Å²) in [5, 5.41) is 4.20. The number of hydrogen-bond donors (Lipinski definition) is 2. The maximum Gasteiger partial charge on any atom is 0.270 e. The van der Waals surface area contributed by atoms with Crippen molar-refractivity contribution in [2.45, 2.75) is 12.8 Å². The SMILES string of the molecule is Cc1nccc(C(=O)NC[C@@H](c2ccccc2)c2c[nH]c3ccccc23)n1. The Labute approximate surface area is 157 Å². The highest BCUT2D eigenvalue weighted by Crippen LogP contribution is 2.30. The summed E-state index contributed by atoms with van der Waals surface area (Å²) < 4.78 is 0. The van der Waals surface area contributed by atoms with Gasteiger partial charge in [-0.05, 0) is 30.2 Å². The summed E-state index contributed by atoms with van der Waals surface area (Å²) in [4.78, 5) is 24.1. The summed E-state index contributed by atoms with van der Waals surface area (Å²) in [6, 6.07) is 20.1. The van der Waals surface area contributed by atoms with Crippen LogP contribution in [0.5, 0.6) is 0 Å². The lowest BCUT2D eigenvalue weighted by Gasteiger charge is -2.18. The molecule has 0 aliphatic carbocycles. The molecule has 4 rings (SSSR count). The number of carbonyl (C=O) groups excluding carboxylic acids is 1. The van der Waals surface area contributed by atoms with Gasteiger partial charge < -0.3 is 10.3 Å². The van der Waals surface area contributed by atoms with Crippen LogP contribution in [0.4, 0.5) is 0 Å². The molecule has 0 spiro atoms. The van der Waals surface area contributed by atoms with Crippen LogP contribution in [0.2, 0.25) is 0 Å². The van der Waals surface area contributed by atoms with Crippen molar-refractivity contribution in [3.8, 4) is 0 Å². The van der Waals surface area contributed by atoms with E-state index in [1.54, 1.807) is 19.2 Å². The van der Waals surface area contributed by atoms with E-state index in [2.05, 4.69) is 44.5 Å². The number of para-hydroxylation sites is 1. The average Bonchev–Trinajstić information content (AvgIpc) is 3.13. The molecule has 2 N–H and O–H groups in total. The number of hydrogen-bond acceptors (Lipinski definition) is 3. The van der Waals surface area contributed by atoms with Gasteiger partial charge in [-0.25, -0.2) is 9.97 Å². The van der Waals surface area contributed by atoms with Gasteiger partial charge in [0.2, 0.25) is 0 Å². The summed E-state index contributed by atoms with van der Waals surface area (Å²) in [7, 11) is 0. The number of H-pyrrole nitrogens is 1. The standard InChI is InChI=1S/C22H20N4O/c1-15-23-12-11-21(26-15)22(27)25-13-18(16-7-3-2-4-8-16)19-14-24-20-10-6-5-9-17(19)20/h2-12,14,18,24H,13H2,1H3,(H,25,27)/t18-/m0/s1. The first kappa shape index (κ1) is 17.0. The lowest BCUT2D eigenvalue weighted by Crippen LogP contribution is -2.29. The second kappa shape index (κ2) is 7.41. The van der Waals surface area contributed by atoms with E-state index < -0.39 is 0 Å². The van der Waals surface area contributed by atoms with Gasteiger partial charge >= 0.3 is 0 Å². The Bertz CT molecular complexity index is 1070. The fraction of sp³-hybridized carbons (Fsp3) is 0.136. The first-order valence-electron chi connectivity index (χ1n) is 8.91. The lowest BCUT2D eigenvalue weighted by molar-refractivity contribution is 0.0947. The molecule has 2 heterocycles. The van der Waals surface area contributed by atoms with E-state index in [-0.39, 0.29) is 11.8 Å². The Morgan fingerprint density at radius 1 is 1.07 bits per heavy atom. The van der Waals surface area contributed by atoms with Crippen LogP contribution in [0.15, 0.2) is 73.1 Å². The van der Waals surface area contributed by atoms with Gasteiger partial charge in [-0.3, -0.25) is 4.79 Å². The zero-order valence-electron chi connectivity index (χ0n) is 15.0. The average molecular weight is 356 g/mol. The fourth-order valence-corrected chi connectivity index (χ4v) is 3.34. The normalized spacial score (nSPS) is 12.0. The van der Waals surface area contributed by atoms with E-state index in [9.17, 15) is 4.79 Å². The topological polar surface area (TPSA) is 70.7 Å². The molecule has 0 saturated heterocycles. The van der Waals surface area contributed by atoms with Crippen LogP contribution < -0.4 is 5.32 Å². The van der Waals surface area contributed by atoms with E-state index in [0.717, 1.165) is 16.6 Å². The van der Waals surface area contributed by atoms with Crippen molar-refractivity contribution < 1.29 is 4.79 Å². The minimum absolute atomic E-state index is 0.0363. The fourth-order valence-electron chi connectivity index (χ4n) is 3.34. The second-order valence-corrected chi connectivity index (χ2v) is 6.45. The number of amides is 1. The van der Waals surface area contributed by atoms with Crippen LogP contribution in [0, 0.1) is 6.92 Å². The predicted molar refractivity (Wildman–Crippen MR) is 106 cm³/mol. The molecule has 134 valence electrons. The number of benzene rings is 2. The number of nitrogens with zero attached hydrogens (tertiary/aromatic N) is 2. The number of aromatic nitrogens is 3. The number of fused-ring (bicyclic) bond motifs is 1. The monoisotopic (exact) mass is 356 g/mol. The highest BCUT2D eigenvalue weighted by atomic mass is 16.1. The first-order valence-corrected chi connectivity index (χ1v) is 8.91. The van der Waals surface area contributed by atoms with Gasteiger partial charge in [0.1, 0.15) is 11.5 Å². The molecule has 0 aliphatic rings. The van der Waals surface area contributed by atoms with Crippen molar-refractivity contribution in [2.75, 3.05) is 6.54 Å². The van der Waals surface area contributed by atoms with Crippen molar-refractivity contribution in [2.24, 2.45) is 0 Å². The van der Waals surface area contributed by atoms with E-state index in [0.29, 0.717) is 18.1 Å². The predicted octanol–water partition coefficient (Wildman–Crippen LogP) is 3.83. The van der Waals surface area contributed by atoms with Crippen LogP contribution in [-0.4, -0.2) is 27.4 Å². The number of aryl methyl sites for hydroxylation is 1. The van der Waals surface area contributed by atoms with Crippen molar-refractivity contribution in [3.63, 3.8) is 0 Å². The van der Waals surface area contributed by atoms with Gasteiger partial charge in [0.15, 0.2) is 0 Å². The summed E-state index contributed by atoms with van der Waals surface area (Å²) in [5.41, 5.74) is 3.79. The smallest absolute Gasteiger partial charge is 0.270 e. The first-order chi connectivity index (χ1) is 13.2. The molecule has 0 radical (unpaired) electrons. The maximum absolute atomic E-state index is 12.6.